The average Bonchev–Trinajstić information content (AvgIpc) is 2.45. The van der Waals surface area contributed by atoms with Crippen molar-refractivity contribution in [3.05, 3.63) is 0 Å². The summed E-state index contributed by atoms with van der Waals surface area (Å²) >= 11 is 0. The molecule has 0 saturated heterocycles. The molecule has 0 amide bonds. The minimum atomic E-state index is -1.27. The van der Waals surface area contributed by atoms with Crippen LogP contribution in [-0.2, 0) is 9.47 Å². The maximum Gasteiger partial charge on any atom is 0.218 e. The third-order valence-electron chi connectivity index (χ3n) is 3.81. The molecular formula is C16H34O4. The summed E-state index contributed by atoms with van der Waals surface area (Å²) in [5, 5.41) is 19.5. The topological polar surface area (TPSA) is 58.9 Å². The molecule has 0 saturated carbocycles. The molecule has 3 unspecified atom stereocenters. The molecule has 0 rings (SSSR count). The summed E-state index contributed by atoms with van der Waals surface area (Å²) in [5.74, 6) is -0.816. The highest BCUT2D eigenvalue weighted by Gasteiger charge is 2.37. The van der Waals surface area contributed by atoms with Gasteiger partial charge in [-0.25, -0.2) is 0 Å². The molecule has 0 aromatic carbocycles. The SMILES string of the molecule is CCCCOC(CO)(OCC(CC)CCCC)C(C)O. The lowest BCUT2D eigenvalue weighted by atomic mass is 10.0. The molecule has 0 heterocycles. The molecule has 4 heteroatoms. The summed E-state index contributed by atoms with van der Waals surface area (Å²) in [5.41, 5.74) is 0. The van der Waals surface area contributed by atoms with Gasteiger partial charge in [-0.2, -0.15) is 0 Å². The van der Waals surface area contributed by atoms with Crippen LogP contribution in [0.25, 0.3) is 0 Å². The molecule has 0 bridgehead atoms. The van der Waals surface area contributed by atoms with Gasteiger partial charge in [0.15, 0.2) is 0 Å². The van der Waals surface area contributed by atoms with Crippen molar-refractivity contribution in [3.63, 3.8) is 0 Å². The summed E-state index contributed by atoms with van der Waals surface area (Å²) in [6.45, 7) is 8.69. The number of ether oxygens (including phenoxy) is 2. The second kappa shape index (κ2) is 11.5. The van der Waals surface area contributed by atoms with E-state index >= 15 is 0 Å². The Balaban J connectivity index is 4.46. The van der Waals surface area contributed by atoms with Gasteiger partial charge < -0.3 is 19.7 Å². The van der Waals surface area contributed by atoms with Crippen LogP contribution in [0.5, 0.6) is 0 Å². The van der Waals surface area contributed by atoms with E-state index in [1.165, 1.54) is 12.8 Å². The maximum absolute atomic E-state index is 9.91. The summed E-state index contributed by atoms with van der Waals surface area (Å²) < 4.78 is 11.5. The molecule has 20 heavy (non-hydrogen) atoms. The van der Waals surface area contributed by atoms with Crippen LogP contribution in [0.2, 0.25) is 0 Å². The van der Waals surface area contributed by atoms with E-state index in [1.807, 2.05) is 0 Å². The van der Waals surface area contributed by atoms with Crippen LogP contribution in [0.3, 0.4) is 0 Å². The maximum atomic E-state index is 9.91. The molecule has 0 radical (unpaired) electrons. The molecule has 0 aliphatic carbocycles. The van der Waals surface area contributed by atoms with Crippen LogP contribution in [0.15, 0.2) is 0 Å². The fourth-order valence-corrected chi connectivity index (χ4v) is 2.05. The van der Waals surface area contributed by atoms with Crippen molar-refractivity contribution in [2.45, 2.75) is 78.1 Å². The number of aliphatic hydroxyl groups excluding tert-OH is 2. The van der Waals surface area contributed by atoms with E-state index in [2.05, 4.69) is 20.8 Å². The first-order valence-electron chi connectivity index (χ1n) is 8.13. The third-order valence-corrected chi connectivity index (χ3v) is 3.81. The molecule has 3 atom stereocenters. The monoisotopic (exact) mass is 290 g/mol. The summed E-state index contributed by atoms with van der Waals surface area (Å²) in [7, 11) is 0. The van der Waals surface area contributed by atoms with Gasteiger partial charge >= 0.3 is 0 Å². The lowest BCUT2D eigenvalue weighted by Crippen LogP contribution is -2.50. The molecule has 4 nitrogen and oxygen atoms in total. The summed E-state index contributed by atoms with van der Waals surface area (Å²) in [4.78, 5) is 0. The molecule has 122 valence electrons. The quantitative estimate of drug-likeness (QED) is 0.404. The second-order valence-electron chi connectivity index (χ2n) is 5.58. The van der Waals surface area contributed by atoms with Gasteiger partial charge in [0.25, 0.3) is 0 Å². The van der Waals surface area contributed by atoms with Crippen molar-refractivity contribution in [3.8, 4) is 0 Å². The number of aliphatic hydroxyl groups is 2. The first kappa shape index (κ1) is 19.8. The van der Waals surface area contributed by atoms with Gasteiger partial charge in [-0.1, -0.05) is 46.5 Å². The van der Waals surface area contributed by atoms with Gasteiger partial charge in [-0.15, -0.1) is 0 Å². The molecule has 0 aliphatic rings. The Morgan fingerprint density at radius 2 is 1.70 bits per heavy atom. The lowest BCUT2D eigenvalue weighted by Gasteiger charge is -2.35. The Morgan fingerprint density at radius 1 is 1.05 bits per heavy atom. The first-order valence-corrected chi connectivity index (χ1v) is 8.13. The van der Waals surface area contributed by atoms with E-state index in [9.17, 15) is 10.2 Å². The summed E-state index contributed by atoms with van der Waals surface area (Å²) in [6, 6.07) is 0. The number of unbranched alkanes of at least 4 members (excludes halogenated alkanes) is 2. The minimum Gasteiger partial charge on any atom is -0.391 e. The van der Waals surface area contributed by atoms with Gasteiger partial charge in [0.1, 0.15) is 6.10 Å². The van der Waals surface area contributed by atoms with E-state index in [1.54, 1.807) is 6.92 Å². The Kier molecular flexibility index (Phi) is 11.4. The first-order chi connectivity index (χ1) is 9.56. The van der Waals surface area contributed by atoms with Crippen LogP contribution in [0.1, 0.15) is 66.2 Å². The molecule has 0 spiro atoms. The Hall–Kier alpha value is -0.160. The van der Waals surface area contributed by atoms with Crippen molar-refractivity contribution in [1.29, 1.82) is 0 Å². The van der Waals surface area contributed by atoms with Gasteiger partial charge in [0.2, 0.25) is 5.79 Å². The zero-order chi connectivity index (χ0) is 15.4. The number of rotatable bonds is 13. The van der Waals surface area contributed by atoms with E-state index in [4.69, 9.17) is 9.47 Å². The number of hydrogen-bond donors (Lipinski definition) is 2. The largest absolute Gasteiger partial charge is 0.391 e. The molecule has 2 N–H and O–H groups in total. The average molecular weight is 290 g/mol. The normalized spacial score (nSPS) is 17.7. The van der Waals surface area contributed by atoms with Gasteiger partial charge in [0.05, 0.1) is 19.8 Å². The Bertz CT molecular complexity index is 221. The van der Waals surface area contributed by atoms with Crippen LogP contribution >= 0.6 is 0 Å². The van der Waals surface area contributed by atoms with Crippen LogP contribution in [0.4, 0.5) is 0 Å². The third kappa shape index (κ3) is 7.02. The van der Waals surface area contributed by atoms with Gasteiger partial charge in [-0.3, -0.25) is 0 Å². The van der Waals surface area contributed by atoms with E-state index in [-0.39, 0.29) is 6.61 Å². The Morgan fingerprint density at radius 3 is 2.15 bits per heavy atom. The highest BCUT2D eigenvalue weighted by Crippen LogP contribution is 2.22. The van der Waals surface area contributed by atoms with Crippen molar-refractivity contribution >= 4 is 0 Å². The van der Waals surface area contributed by atoms with Crippen molar-refractivity contribution in [2.24, 2.45) is 5.92 Å². The predicted molar refractivity (Wildman–Crippen MR) is 81.6 cm³/mol. The van der Waals surface area contributed by atoms with Crippen molar-refractivity contribution in [2.75, 3.05) is 19.8 Å². The fourth-order valence-electron chi connectivity index (χ4n) is 2.05. The minimum absolute atomic E-state index is 0.321. The molecular weight excluding hydrogens is 256 g/mol. The fraction of sp³-hybridized carbons (Fsp3) is 1.00. The van der Waals surface area contributed by atoms with Crippen LogP contribution in [0, 0.1) is 5.92 Å². The highest BCUT2D eigenvalue weighted by molar-refractivity contribution is 4.76. The standard InChI is InChI=1S/C16H34O4/c1-5-8-10-15(7-3)12-20-16(13-17,14(4)18)19-11-9-6-2/h14-15,17-18H,5-13H2,1-4H3. The predicted octanol–water partition coefficient (Wildman–Crippen LogP) is 3.11. The van der Waals surface area contributed by atoms with Crippen LogP contribution < -0.4 is 0 Å². The molecule has 0 aromatic heterocycles. The van der Waals surface area contributed by atoms with Crippen molar-refractivity contribution < 1.29 is 19.7 Å². The molecule has 0 aromatic rings. The smallest absolute Gasteiger partial charge is 0.218 e. The van der Waals surface area contributed by atoms with Crippen LogP contribution in [-0.4, -0.2) is 41.9 Å². The number of hydrogen-bond acceptors (Lipinski definition) is 4. The lowest BCUT2D eigenvalue weighted by molar-refractivity contribution is -0.298. The van der Waals surface area contributed by atoms with Gasteiger partial charge in [0, 0.05) is 0 Å². The van der Waals surface area contributed by atoms with Crippen molar-refractivity contribution in [1.82, 2.24) is 0 Å². The zero-order valence-electron chi connectivity index (χ0n) is 13.7. The Labute approximate surface area is 124 Å². The second-order valence-corrected chi connectivity index (χ2v) is 5.58. The van der Waals surface area contributed by atoms with E-state index < -0.39 is 11.9 Å². The van der Waals surface area contributed by atoms with E-state index in [0.717, 1.165) is 25.7 Å². The molecule has 0 fully saturated rings. The van der Waals surface area contributed by atoms with E-state index in [0.29, 0.717) is 19.1 Å². The molecule has 0 aliphatic heterocycles. The zero-order valence-corrected chi connectivity index (χ0v) is 13.7. The summed E-state index contributed by atoms with van der Waals surface area (Å²) in [6.07, 6.45) is 5.55. The highest BCUT2D eigenvalue weighted by atomic mass is 16.7. The van der Waals surface area contributed by atoms with Gasteiger partial charge in [-0.05, 0) is 25.7 Å².